The molecule has 1 N–H and O–H groups in total. The van der Waals surface area contributed by atoms with Crippen molar-refractivity contribution in [3.8, 4) is 50.8 Å². The molecule has 0 spiro atoms. The molecule has 8 nitrogen and oxygen atoms in total. The number of ether oxygens (including phenoxy) is 4. The fourth-order valence-electron chi connectivity index (χ4n) is 3.75. The van der Waals surface area contributed by atoms with E-state index in [2.05, 4.69) is 11.4 Å². The van der Waals surface area contributed by atoms with Gasteiger partial charge in [-0.1, -0.05) is 17.8 Å². The maximum Gasteiger partial charge on any atom is 0.234 e. The minimum Gasteiger partial charge on any atom is -0.497 e. The van der Waals surface area contributed by atoms with Crippen LogP contribution in [0.5, 0.6) is 23.0 Å². The molecule has 0 fully saturated rings. The van der Waals surface area contributed by atoms with Crippen molar-refractivity contribution in [2.75, 3.05) is 39.5 Å². The number of pyridine rings is 1. The Morgan fingerprint density at radius 1 is 1.00 bits per heavy atom. The minimum absolute atomic E-state index is 0.0360. The van der Waals surface area contributed by atoms with Crippen LogP contribution in [0, 0.1) is 11.3 Å². The van der Waals surface area contributed by atoms with E-state index in [4.69, 9.17) is 23.9 Å². The van der Waals surface area contributed by atoms with Crippen LogP contribution in [0.4, 0.5) is 5.69 Å². The van der Waals surface area contributed by atoms with Crippen LogP contribution < -0.4 is 24.3 Å². The molecule has 0 bridgehead atoms. The van der Waals surface area contributed by atoms with Crippen molar-refractivity contribution in [2.24, 2.45) is 0 Å². The fourth-order valence-corrected chi connectivity index (χ4v) is 5.31. The first-order valence-electron chi connectivity index (χ1n) is 11.4. The standard InChI is InChI=1S/C28H25N3O5S2/c1-33-19-9-7-17(8-10-19)22-14-20(25-6-5-11-37-25)21(15-29)28(31-22)38-16-26(32)30-18-12-23(34-2)27(36-4)24(13-18)35-3/h5-14H,16H2,1-4H3,(H,30,32). The van der Waals surface area contributed by atoms with Gasteiger partial charge in [0.15, 0.2) is 11.5 Å². The summed E-state index contributed by atoms with van der Waals surface area (Å²) in [5, 5.41) is 15.3. The molecule has 4 rings (SSSR count). The van der Waals surface area contributed by atoms with Gasteiger partial charge < -0.3 is 24.3 Å². The number of nitrogens with zero attached hydrogens (tertiary/aromatic N) is 2. The molecule has 10 heteroatoms. The SMILES string of the molecule is COc1ccc(-c2cc(-c3cccs3)c(C#N)c(SCC(=O)Nc3cc(OC)c(OC)c(OC)c3)n2)cc1. The van der Waals surface area contributed by atoms with Crippen LogP contribution in [0.15, 0.2) is 65.0 Å². The molecule has 194 valence electrons. The second-order valence-electron chi connectivity index (χ2n) is 7.80. The van der Waals surface area contributed by atoms with Crippen molar-refractivity contribution in [2.45, 2.75) is 5.03 Å². The van der Waals surface area contributed by atoms with Crippen LogP contribution in [0.2, 0.25) is 0 Å². The first kappa shape index (κ1) is 26.9. The van der Waals surface area contributed by atoms with Gasteiger partial charge in [-0.25, -0.2) is 4.98 Å². The number of carbonyl (C=O) groups is 1. The van der Waals surface area contributed by atoms with E-state index in [0.717, 1.165) is 21.8 Å². The number of rotatable bonds is 10. The van der Waals surface area contributed by atoms with Crippen LogP contribution in [0.1, 0.15) is 5.56 Å². The Bertz CT molecular complexity index is 1440. The summed E-state index contributed by atoms with van der Waals surface area (Å²) in [6.45, 7) is 0. The number of benzene rings is 2. The van der Waals surface area contributed by atoms with E-state index < -0.39 is 0 Å². The molecule has 38 heavy (non-hydrogen) atoms. The minimum atomic E-state index is -0.275. The lowest BCUT2D eigenvalue weighted by atomic mass is 10.0. The average molecular weight is 548 g/mol. The summed E-state index contributed by atoms with van der Waals surface area (Å²) in [4.78, 5) is 18.6. The molecule has 2 aromatic carbocycles. The third-order valence-electron chi connectivity index (χ3n) is 5.56. The number of aromatic nitrogens is 1. The maximum atomic E-state index is 12.9. The number of nitrogens with one attached hydrogen (secondary N) is 1. The first-order valence-corrected chi connectivity index (χ1v) is 13.2. The number of methoxy groups -OCH3 is 4. The molecule has 0 saturated heterocycles. The highest BCUT2D eigenvalue weighted by Crippen LogP contribution is 2.40. The van der Waals surface area contributed by atoms with Crippen molar-refractivity contribution in [1.82, 2.24) is 4.98 Å². The lowest BCUT2D eigenvalue weighted by Crippen LogP contribution is -2.14. The van der Waals surface area contributed by atoms with Gasteiger partial charge in [0.1, 0.15) is 16.8 Å². The average Bonchev–Trinajstić information content (AvgIpc) is 3.50. The summed E-state index contributed by atoms with van der Waals surface area (Å²) < 4.78 is 21.3. The van der Waals surface area contributed by atoms with Gasteiger partial charge in [-0.15, -0.1) is 11.3 Å². The summed E-state index contributed by atoms with van der Waals surface area (Å²) in [5.41, 5.74) is 3.26. The molecule has 0 radical (unpaired) electrons. The predicted molar refractivity (Wildman–Crippen MR) is 150 cm³/mol. The van der Waals surface area contributed by atoms with E-state index in [1.807, 2.05) is 47.8 Å². The quantitative estimate of drug-likeness (QED) is 0.237. The van der Waals surface area contributed by atoms with Gasteiger partial charge in [0.2, 0.25) is 11.7 Å². The molecule has 4 aromatic rings. The summed E-state index contributed by atoms with van der Waals surface area (Å²) >= 11 is 2.74. The molecule has 2 aromatic heterocycles. The summed E-state index contributed by atoms with van der Waals surface area (Å²) in [7, 11) is 6.14. The highest BCUT2D eigenvalue weighted by molar-refractivity contribution is 8.00. The van der Waals surface area contributed by atoms with Gasteiger partial charge in [-0.3, -0.25) is 4.79 Å². The zero-order valence-electron chi connectivity index (χ0n) is 21.2. The van der Waals surface area contributed by atoms with Crippen molar-refractivity contribution in [3.63, 3.8) is 0 Å². The smallest absolute Gasteiger partial charge is 0.234 e. The number of carbonyl (C=O) groups excluding carboxylic acids is 1. The Hall–Kier alpha value is -4.20. The Kier molecular flexibility index (Phi) is 8.73. The number of nitriles is 1. The fraction of sp³-hybridized carbons (Fsp3) is 0.179. The predicted octanol–water partition coefficient (Wildman–Crippen LogP) is 6.11. The van der Waals surface area contributed by atoms with E-state index in [0.29, 0.717) is 39.2 Å². The van der Waals surface area contributed by atoms with Crippen LogP contribution in [0.25, 0.3) is 21.7 Å². The zero-order chi connectivity index (χ0) is 27.1. The van der Waals surface area contributed by atoms with Gasteiger partial charge >= 0.3 is 0 Å². The Labute approximate surface area is 229 Å². The molecule has 0 aliphatic carbocycles. The van der Waals surface area contributed by atoms with Crippen LogP contribution in [0.3, 0.4) is 0 Å². The number of thioether (sulfide) groups is 1. The zero-order valence-corrected chi connectivity index (χ0v) is 22.9. The first-order chi connectivity index (χ1) is 18.5. The third kappa shape index (κ3) is 5.85. The van der Waals surface area contributed by atoms with Crippen molar-refractivity contribution < 1.29 is 23.7 Å². The molecule has 1 amide bonds. The normalized spacial score (nSPS) is 10.4. The molecule has 0 saturated carbocycles. The van der Waals surface area contributed by atoms with Gasteiger partial charge in [0, 0.05) is 33.8 Å². The van der Waals surface area contributed by atoms with Gasteiger partial charge in [-0.05, 0) is 41.8 Å². The van der Waals surface area contributed by atoms with Crippen molar-refractivity contribution in [3.05, 3.63) is 65.5 Å². The lowest BCUT2D eigenvalue weighted by Gasteiger charge is -2.15. The molecule has 2 heterocycles. The van der Waals surface area contributed by atoms with Crippen LogP contribution >= 0.6 is 23.1 Å². The molecule has 0 unspecified atom stereocenters. The van der Waals surface area contributed by atoms with E-state index in [1.54, 1.807) is 19.2 Å². The summed E-state index contributed by atoms with van der Waals surface area (Å²) in [6, 6.07) is 19.0. The molecular formula is C28H25N3O5S2. The molecule has 0 aliphatic heterocycles. The number of hydrogen-bond donors (Lipinski definition) is 1. The van der Waals surface area contributed by atoms with E-state index in [9.17, 15) is 10.1 Å². The number of amides is 1. The van der Waals surface area contributed by atoms with Crippen molar-refractivity contribution in [1.29, 1.82) is 5.26 Å². The largest absolute Gasteiger partial charge is 0.497 e. The second-order valence-corrected chi connectivity index (χ2v) is 9.72. The maximum absolute atomic E-state index is 12.9. The highest BCUT2D eigenvalue weighted by Gasteiger charge is 2.19. The van der Waals surface area contributed by atoms with E-state index in [-0.39, 0.29) is 11.7 Å². The highest BCUT2D eigenvalue weighted by atomic mass is 32.2. The Morgan fingerprint density at radius 2 is 1.71 bits per heavy atom. The number of hydrogen-bond acceptors (Lipinski definition) is 9. The third-order valence-corrected chi connectivity index (χ3v) is 7.44. The van der Waals surface area contributed by atoms with E-state index >= 15 is 0 Å². The van der Waals surface area contributed by atoms with Crippen LogP contribution in [-0.2, 0) is 4.79 Å². The van der Waals surface area contributed by atoms with Crippen LogP contribution in [-0.4, -0.2) is 45.1 Å². The second kappa shape index (κ2) is 12.4. The summed E-state index contributed by atoms with van der Waals surface area (Å²) in [5.74, 6) is 1.78. The number of thiophene rings is 1. The topological polar surface area (TPSA) is 103 Å². The Balaban J connectivity index is 1.63. The van der Waals surface area contributed by atoms with Crippen molar-refractivity contribution >= 4 is 34.7 Å². The van der Waals surface area contributed by atoms with E-state index in [1.165, 1.54) is 44.4 Å². The van der Waals surface area contributed by atoms with Gasteiger partial charge in [-0.2, -0.15) is 5.26 Å². The summed E-state index contributed by atoms with van der Waals surface area (Å²) in [6.07, 6.45) is 0. The number of anilines is 1. The monoisotopic (exact) mass is 547 g/mol. The molecule has 0 aliphatic rings. The van der Waals surface area contributed by atoms with Gasteiger partial charge in [0.05, 0.1) is 45.4 Å². The van der Waals surface area contributed by atoms with Gasteiger partial charge in [0.25, 0.3) is 0 Å². The lowest BCUT2D eigenvalue weighted by molar-refractivity contribution is -0.113. The Morgan fingerprint density at radius 3 is 2.26 bits per heavy atom. The molecular weight excluding hydrogens is 522 g/mol. The molecule has 0 atom stereocenters.